The average molecular weight is 265 g/mol. The zero-order chi connectivity index (χ0) is 13.2. The lowest BCUT2D eigenvalue weighted by Crippen LogP contribution is -2.37. The van der Waals surface area contributed by atoms with E-state index in [1.165, 1.54) is 29.7 Å². The number of hydrogen-bond acceptors (Lipinski definition) is 3. The highest BCUT2D eigenvalue weighted by molar-refractivity contribution is 7.98. The van der Waals surface area contributed by atoms with Gasteiger partial charge in [0.15, 0.2) is 0 Å². The van der Waals surface area contributed by atoms with Gasteiger partial charge < -0.3 is 10.8 Å². The molecule has 0 atom stereocenters. The molecule has 2 nitrogen and oxygen atoms in total. The van der Waals surface area contributed by atoms with Crippen molar-refractivity contribution < 1.29 is 5.11 Å². The Kier molecular flexibility index (Phi) is 4.23. The quantitative estimate of drug-likeness (QED) is 0.821. The van der Waals surface area contributed by atoms with Crippen LogP contribution < -0.4 is 5.73 Å². The molecule has 1 saturated carbocycles. The Hall–Kier alpha value is -0.670. The van der Waals surface area contributed by atoms with Crippen LogP contribution in [0, 0.1) is 6.92 Å². The monoisotopic (exact) mass is 265 g/mol. The van der Waals surface area contributed by atoms with Crippen molar-refractivity contribution >= 4 is 11.8 Å². The molecule has 0 amide bonds. The molecule has 0 spiro atoms. The normalized spacial score (nSPS) is 18.8. The van der Waals surface area contributed by atoms with Crippen molar-refractivity contribution in [2.45, 2.75) is 49.3 Å². The van der Waals surface area contributed by atoms with E-state index in [0.717, 1.165) is 18.4 Å². The molecule has 0 aromatic heterocycles. The molecular formula is C15H23NOS. The van der Waals surface area contributed by atoms with Gasteiger partial charge in [-0.2, -0.15) is 0 Å². The van der Waals surface area contributed by atoms with Crippen molar-refractivity contribution in [1.82, 2.24) is 0 Å². The first-order valence-electron chi connectivity index (χ1n) is 6.71. The molecule has 1 aliphatic carbocycles. The van der Waals surface area contributed by atoms with E-state index in [1.54, 1.807) is 11.8 Å². The van der Waals surface area contributed by atoms with Crippen LogP contribution in [0.25, 0.3) is 0 Å². The Morgan fingerprint density at radius 2 is 1.94 bits per heavy atom. The Balaban J connectivity index is 2.49. The fourth-order valence-corrected chi connectivity index (χ4v) is 3.86. The molecule has 0 bridgehead atoms. The lowest BCUT2D eigenvalue weighted by molar-refractivity contribution is 0.295. The van der Waals surface area contributed by atoms with Crippen molar-refractivity contribution in [1.29, 1.82) is 0 Å². The molecule has 100 valence electrons. The Labute approximate surface area is 114 Å². The number of hydrogen-bond donors (Lipinski definition) is 2. The molecular weight excluding hydrogens is 242 g/mol. The first-order valence-corrected chi connectivity index (χ1v) is 7.93. The molecule has 2 rings (SSSR count). The van der Waals surface area contributed by atoms with Crippen LogP contribution in [0.2, 0.25) is 0 Å². The minimum absolute atomic E-state index is 0.0851. The average Bonchev–Trinajstić information content (AvgIpc) is 2.42. The summed E-state index contributed by atoms with van der Waals surface area (Å²) in [7, 11) is 0. The van der Waals surface area contributed by atoms with Crippen LogP contribution in [-0.2, 0) is 5.41 Å². The molecule has 0 aliphatic heterocycles. The van der Waals surface area contributed by atoms with Gasteiger partial charge in [-0.15, -0.1) is 11.8 Å². The number of aryl methyl sites for hydroxylation is 1. The van der Waals surface area contributed by atoms with E-state index in [-0.39, 0.29) is 5.41 Å². The van der Waals surface area contributed by atoms with Gasteiger partial charge >= 0.3 is 0 Å². The fraction of sp³-hybridized carbons (Fsp3) is 0.600. The van der Waals surface area contributed by atoms with Crippen LogP contribution in [0.4, 0.5) is 0 Å². The Morgan fingerprint density at radius 3 is 2.50 bits per heavy atom. The maximum atomic E-state index is 10.0. The van der Waals surface area contributed by atoms with Gasteiger partial charge in [0.2, 0.25) is 0 Å². The summed E-state index contributed by atoms with van der Waals surface area (Å²) >= 11 is 1.76. The molecule has 1 aliphatic rings. The summed E-state index contributed by atoms with van der Waals surface area (Å²) in [6, 6.07) is 4.06. The van der Waals surface area contributed by atoms with Crippen LogP contribution in [0.5, 0.6) is 5.75 Å². The summed E-state index contributed by atoms with van der Waals surface area (Å²) in [5, 5.41) is 10.0. The lowest BCUT2D eigenvalue weighted by Gasteiger charge is -2.38. The maximum absolute atomic E-state index is 10.0. The molecule has 1 aromatic rings. The smallest absolute Gasteiger partial charge is 0.118 e. The third kappa shape index (κ3) is 2.39. The number of rotatable bonds is 3. The van der Waals surface area contributed by atoms with Gasteiger partial charge in [-0.3, -0.25) is 0 Å². The molecule has 1 aromatic carbocycles. The zero-order valence-electron chi connectivity index (χ0n) is 11.3. The van der Waals surface area contributed by atoms with Gasteiger partial charge in [0.05, 0.1) is 0 Å². The van der Waals surface area contributed by atoms with E-state index in [2.05, 4.69) is 12.3 Å². The van der Waals surface area contributed by atoms with E-state index in [9.17, 15) is 5.11 Å². The SMILES string of the molecule is CSc1cc(C)c(O)cc1C1(CN)CCCCC1. The van der Waals surface area contributed by atoms with Crippen molar-refractivity contribution in [2.75, 3.05) is 12.8 Å². The summed E-state index contributed by atoms with van der Waals surface area (Å²) in [5.74, 6) is 0.404. The number of aromatic hydroxyl groups is 1. The first kappa shape index (κ1) is 13.8. The minimum atomic E-state index is 0.0851. The third-order valence-electron chi connectivity index (χ3n) is 4.29. The number of phenols is 1. The zero-order valence-corrected chi connectivity index (χ0v) is 12.1. The Bertz CT molecular complexity index is 425. The van der Waals surface area contributed by atoms with E-state index >= 15 is 0 Å². The van der Waals surface area contributed by atoms with Crippen LogP contribution in [0.15, 0.2) is 17.0 Å². The molecule has 0 unspecified atom stereocenters. The van der Waals surface area contributed by atoms with Gasteiger partial charge in [0, 0.05) is 16.9 Å². The number of nitrogens with two attached hydrogens (primary N) is 1. The van der Waals surface area contributed by atoms with Crippen LogP contribution in [0.1, 0.15) is 43.2 Å². The highest BCUT2D eigenvalue weighted by Crippen LogP contribution is 2.44. The number of benzene rings is 1. The summed E-state index contributed by atoms with van der Waals surface area (Å²) < 4.78 is 0. The lowest BCUT2D eigenvalue weighted by atomic mass is 9.69. The standard InChI is InChI=1S/C15H23NOS/c1-11-8-14(18-2)12(9-13(11)17)15(10-16)6-4-3-5-7-15/h8-9,17H,3-7,10,16H2,1-2H3. The number of thioether (sulfide) groups is 1. The highest BCUT2D eigenvalue weighted by atomic mass is 32.2. The largest absolute Gasteiger partial charge is 0.508 e. The van der Waals surface area contributed by atoms with Crippen LogP contribution >= 0.6 is 11.8 Å². The molecule has 0 radical (unpaired) electrons. The maximum Gasteiger partial charge on any atom is 0.118 e. The van der Waals surface area contributed by atoms with E-state index in [1.807, 2.05) is 13.0 Å². The molecule has 3 N–H and O–H groups in total. The highest BCUT2D eigenvalue weighted by Gasteiger charge is 2.34. The van der Waals surface area contributed by atoms with E-state index in [4.69, 9.17) is 5.73 Å². The second kappa shape index (κ2) is 5.54. The Morgan fingerprint density at radius 1 is 1.28 bits per heavy atom. The van der Waals surface area contributed by atoms with Gasteiger partial charge in [-0.05, 0) is 49.3 Å². The minimum Gasteiger partial charge on any atom is -0.508 e. The fourth-order valence-electron chi connectivity index (χ4n) is 3.07. The molecule has 0 saturated heterocycles. The van der Waals surface area contributed by atoms with Crippen molar-refractivity contribution in [3.8, 4) is 5.75 Å². The van der Waals surface area contributed by atoms with Gasteiger partial charge in [0.25, 0.3) is 0 Å². The second-order valence-electron chi connectivity index (χ2n) is 5.38. The van der Waals surface area contributed by atoms with Gasteiger partial charge in [0.1, 0.15) is 5.75 Å². The van der Waals surface area contributed by atoms with Gasteiger partial charge in [-0.25, -0.2) is 0 Å². The van der Waals surface area contributed by atoms with Crippen molar-refractivity contribution in [3.05, 3.63) is 23.3 Å². The van der Waals surface area contributed by atoms with E-state index in [0.29, 0.717) is 12.3 Å². The number of phenolic OH excluding ortho intramolecular Hbond substituents is 1. The van der Waals surface area contributed by atoms with Crippen LogP contribution in [0.3, 0.4) is 0 Å². The molecule has 0 heterocycles. The molecule has 18 heavy (non-hydrogen) atoms. The van der Waals surface area contributed by atoms with Crippen molar-refractivity contribution in [3.63, 3.8) is 0 Å². The first-order chi connectivity index (χ1) is 8.63. The van der Waals surface area contributed by atoms with E-state index < -0.39 is 0 Å². The summed E-state index contributed by atoms with van der Waals surface area (Å²) in [4.78, 5) is 1.28. The predicted molar refractivity (Wildman–Crippen MR) is 78.4 cm³/mol. The topological polar surface area (TPSA) is 46.2 Å². The summed E-state index contributed by atoms with van der Waals surface area (Å²) in [6.07, 6.45) is 8.22. The molecule has 1 fully saturated rings. The third-order valence-corrected chi connectivity index (χ3v) is 5.07. The van der Waals surface area contributed by atoms with Crippen molar-refractivity contribution in [2.24, 2.45) is 5.73 Å². The summed E-state index contributed by atoms with van der Waals surface area (Å²) in [5.41, 5.74) is 8.39. The predicted octanol–water partition coefficient (Wildman–Crippen LogP) is 3.58. The second-order valence-corrected chi connectivity index (χ2v) is 6.23. The van der Waals surface area contributed by atoms with Crippen LogP contribution in [-0.4, -0.2) is 17.9 Å². The summed E-state index contributed by atoms with van der Waals surface area (Å²) in [6.45, 7) is 2.64. The van der Waals surface area contributed by atoms with Gasteiger partial charge in [-0.1, -0.05) is 19.3 Å². The molecule has 3 heteroatoms.